The molecule has 1 saturated heterocycles. The Kier molecular flexibility index (Phi) is 6.25. The Labute approximate surface area is 169 Å². The summed E-state index contributed by atoms with van der Waals surface area (Å²) < 4.78 is 28.6. The Hall–Kier alpha value is -2.12. The molecule has 0 unspecified atom stereocenters. The number of aryl methyl sites for hydroxylation is 2. The molecule has 2 aromatic rings. The molecule has 1 aliphatic heterocycles. The van der Waals surface area contributed by atoms with Gasteiger partial charge in [-0.05, 0) is 49.6 Å². The van der Waals surface area contributed by atoms with Gasteiger partial charge in [-0.3, -0.25) is 4.79 Å². The van der Waals surface area contributed by atoms with Crippen LogP contribution in [0.5, 0.6) is 0 Å². The number of esters is 1. The first kappa shape index (κ1) is 20.6. The largest absolute Gasteiger partial charge is 0.454 e. The lowest BCUT2D eigenvalue weighted by Crippen LogP contribution is -2.15. The van der Waals surface area contributed by atoms with Gasteiger partial charge in [-0.1, -0.05) is 24.3 Å². The molecule has 7 heteroatoms. The Morgan fingerprint density at radius 2 is 1.86 bits per heavy atom. The first-order valence-corrected chi connectivity index (χ1v) is 11.7. The molecule has 0 spiro atoms. The Morgan fingerprint density at radius 1 is 1.11 bits per heavy atom. The zero-order valence-electron chi connectivity index (χ0n) is 15.8. The minimum atomic E-state index is -2.99. The third kappa shape index (κ3) is 5.02. The molecule has 2 aromatic carbocycles. The lowest BCUT2D eigenvalue weighted by Gasteiger charge is -2.12. The zero-order chi connectivity index (χ0) is 20.3. The van der Waals surface area contributed by atoms with Crippen LogP contribution in [0.2, 0.25) is 0 Å². The highest BCUT2D eigenvalue weighted by Crippen LogP contribution is 2.33. The number of Topliss-reactive ketones (excluding diaryl/α,β-unsaturated/α-hetero) is 1. The van der Waals surface area contributed by atoms with E-state index < -0.39 is 15.8 Å². The minimum absolute atomic E-state index is 0.0730. The van der Waals surface area contributed by atoms with E-state index in [-0.39, 0.29) is 29.1 Å². The van der Waals surface area contributed by atoms with E-state index in [4.69, 9.17) is 4.74 Å². The summed E-state index contributed by atoms with van der Waals surface area (Å²) in [5.41, 5.74) is 2.96. The summed E-state index contributed by atoms with van der Waals surface area (Å²) in [6.07, 6.45) is 0.571. The van der Waals surface area contributed by atoms with Gasteiger partial charge in [0.05, 0.1) is 17.1 Å². The van der Waals surface area contributed by atoms with Gasteiger partial charge in [-0.2, -0.15) is 0 Å². The number of carbonyl (C=O) groups is 2. The highest BCUT2D eigenvalue weighted by Gasteiger charge is 2.29. The van der Waals surface area contributed by atoms with Gasteiger partial charge in [0.2, 0.25) is 0 Å². The van der Waals surface area contributed by atoms with Gasteiger partial charge in [-0.25, -0.2) is 13.2 Å². The van der Waals surface area contributed by atoms with Crippen molar-refractivity contribution in [1.29, 1.82) is 0 Å². The number of carbonyl (C=O) groups excluding carboxylic acids is 2. The summed E-state index contributed by atoms with van der Waals surface area (Å²) in [6.45, 7) is 3.56. The second-order valence-corrected chi connectivity index (χ2v) is 10.5. The Morgan fingerprint density at radius 3 is 2.54 bits per heavy atom. The molecule has 3 rings (SSSR count). The number of ether oxygens (including phenoxy) is 1. The second-order valence-electron chi connectivity index (χ2n) is 6.94. The van der Waals surface area contributed by atoms with Crippen LogP contribution >= 0.6 is 11.8 Å². The van der Waals surface area contributed by atoms with Crippen molar-refractivity contribution in [1.82, 2.24) is 0 Å². The Bertz CT molecular complexity index is 1010. The number of hydrogen-bond donors (Lipinski definition) is 0. The summed E-state index contributed by atoms with van der Waals surface area (Å²) in [7, 11) is -2.99. The summed E-state index contributed by atoms with van der Waals surface area (Å²) in [6, 6.07) is 12.3. The summed E-state index contributed by atoms with van der Waals surface area (Å²) in [4.78, 5) is 25.5. The monoisotopic (exact) mass is 418 g/mol. The van der Waals surface area contributed by atoms with E-state index in [9.17, 15) is 18.0 Å². The van der Waals surface area contributed by atoms with Crippen LogP contribution in [0.25, 0.3) is 0 Å². The third-order valence-corrected chi connectivity index (χ3v) is 8.08. The van der Waals surface area contributed by atoms with Gasteiger partial charge in [0.25, 0.3) is 0 Å². The molecule has 0 saturated carbocycles. The van der Waals surface area contributed by atoms with E-state index in [0.717, 1.165) is 11.1 Å². The van der Waals surface area contributed by atoms with Crippen molar-refractivity contribution in [2.45, 2.75) is 30.4 Å². The molecule has 0 aromatic heterocycles. The molecule has 5 nitrogen and oxygen atoms in total. The quantitative estimate of drug-likeness (QED) is 0.527. The van der Waals surface area contributed by atoms with E-state index in [1.54, 1.807) is 36.4 Å². The molecule has 0 aliphatic carbocycles. The first-order chi connectivity index (χ1) is 13.2. The number of thioether (sulfide) groups is 1. The molecular weight excluding hydrogens is 396 g/mol. The standard InChI is InChI=1S/C21H22O5S2/c1-14-7-8-16(11-15(14)2)19(22)12-26-21(23)18-5-3-4-6-20(18)27-17-9-10-28(24,25)13-17/h3-8,11,17H,9-10,12-13H2,1-2H3/t17-/m0/s1. The number of ketones is 1. The van der Waals surface area contributed by atoms with Gasteiger partial charge in [0.1, 0.15) is 0 Å². The van der Waals surface area contributed by atoms with Crippen LogP contribution in [0.3, 0.4) is 0 Å². The number of rotatable bonds is 6. The van der Waals surface area contributed by atoms with Crippen molar-refractivity contribution in [3.05, 3.63) is 64.7 Å². The zero-order valence-corrected chi connectivity index (χ0v) is 17.4. The van der Waals surface area contributed by atoms with Crippen LogP contribution in [-0.2, 0) is 14.6 Å². The van der Waals surface area contributed by atoms with Gasteiger partial charge in [0.15, 0.2) is 22.2 Å². The van der Waals surface area contributed by atoms with Crippen molar-refractivity contribution < 1.29 is 22.7 Å². The molecule has 0 N–H and O–H groups in total. The molecule has 0 bridgehead atoms. The minimum Gasteiger partial charge on any atom is -0.454 e. The molecule has 28 heavy (non-hydrogen) atoms. The number of sulfone groups is 1. The van der Waals surface area contributed by atoms with Crippen LogP contribution in [0.1, 0.15) is 38.3 Å². The van der Waals surface area contributed by atoms with Crippen molar-refractivity contribution in [3.63, 3.8) is 0 Å². The third-order valence-electron chi connectivity index (χ3n) is 4.75. The molecular formula is C21H22O5S2. The number of hydrogen-bond acceptors (Lipinski definition) is 6. The molecule has 148 valence electrons. The maximum absolute atomic E-state index is 12.5. The van der Waals surface area contributed by atoms with Crippen molar-refractivity contribution in [2.75, 3.05) is 18.1 Å². The smallest absolute Gasteiger partial charge is 0.339 e. The molecule has 1 atom stereocenters. The summed E-state index contributed by atoms with van der Waals surface area (Å²) >= 11 is 1.38. The number of benzene rings is 2. The molecule has 1 fully saturated rings. The van der Waals surface area contributed by atoms with Gasteiger partial charge in [-0.15, -0.1) is 11.8 Å². The average molecular weight is 419 g/mol. The van der Waals surface area contributed by atoms with Crippen LogP contribution < -0.4 is 0 Å². The molecule has 1 heterocycles. The second kappa shape index (κ2) is 8.49. The highest BCUT2D eigenvalue weighted by molar-refractivity contribution is 8.02. The van der Waals surface area contributed by atoms with E-state index in [1.807, 2.05) is 19.9 Å². The van der Waals surface area contributed by atoms with E-state index in [1.165, 1.54) is 11.8 Å². The summed E-state index contributed by atoms with van der Waals surface area (Å²) in [5.74, 6) is -0.543. The van der Waals surface area contributed by atoms with Crippen LogP contribution in [0.15, 0.2) is 47.4 Å². The van der Waals surface area contributed by atoms with E-state index in [2.05, 4.69) is 0 Å². The normalized spacial score (nSPS) is 18.0. The maximum atomic E-state index is 12.5. The Balaban J connectivity index is 1.66. The van der Waals surface area contributed by atoms with Gasteiger partial charge in [0, 0.05) is 15.7 Å². The van der Waals surface area contributed by atoms with Crippen LogP contribution in [0, 0.1) is 13.8 Å². The fourth-order valence-corrected chi connectivity index (χ4v) is 6.60. The lowest BCUT2D eigenvalue weighted by atomic mass is 10.0. The van der Waals surface area contributed by atoms with Gasteiger partial charge < -0.3 is 4.74 Å². The van der Waals surface area contributed by atoms with Crippen molar-refractivity contribution >= 4 is 33.4 Å². The van der Waals surface area contributed by atoms with Crippen molar-refractivity contribution in [2.24, 2.45) is 0 Å². The summed E-state index contributed by atoms with van der Waals surface area (Å²) in [5, 5.41) is -0.0730. The van der Waals surface area contributed by atoms with E-state index >= 15 is 0 Å². The first-order valence-electron chi connectivity index (χ1n) is 8.99. The molecule has 1 aliphatic rings. The SMILES string of the molecule is Cc1ccc(C(=O)COC(=O)c2ccccc2S[C@H]2CCS(=O)(=O)C2)cc1C. The maximum Gasteiger partial charge on any atom is 0.339 e. The fraction of sp³-hybridized carbons (Fsp3) is 0.333. The van der Waals surface area contributed by atoms with Crippen LogP contribution in [0.4, 0.5) is 0 Å². The van der Waals surface area contributed by atoms with E-state index in [0.29, 0.717) is 22.4 Å². The molecule has 0 radical (unpaired) electrons. The topological polar surface area (TPSA) is 77.5 Å². The fourth-order valence-electron chi connectivity index (χ4n) is 2.98. The average Bonchev–Trinajstić information content (AvgIpc) is 3.00. The predicted molar refractivity (Wildman–Crippen MR) is 110 cm³/mol. The van der Waals surface area contributed by atoms with Crippen LogP contribution in [-0.4, -0.2) is 43.5 Å². The highest BCUT2D eigenvalue weighted by atomic mass is 32.2. The van der Waals surface area contributed by atoms with Gasteiger partial charge >= 0.3 is 5.97 Å². The predicted octanol–water partition coefficient (Wildman–Crippen LogP) is 3.62. The molecule has 0 amide bonds. The lowest BCUT2D eigenvalue weighted by molar-refractivity contribution is 0.0471. The van der Waals surface area contributed by atoms with Crippen molar-refractivity contribution in [3.8, 4) is 0 Å².